The van der Waals surface area contributed by atoms with Crippen molar-refractivity contribution >= 4 is 5.91 Å². The van der Waals surface area contributed by atoms with E-state index in [4.69, 9.17) is 9.47 Å². The van der Waals surface area contributed by atoms with Crippen LogP contribution in [0.3, 0.4) is 0 Å². The predicted octanol–water partition coefficient (Wildman–Crippen LogP) is 19.4. The van der Waals surface area contributed by atoms with E-state index in [0.29, 0.717) is 6.42 Å². The SMILES string of the molecule is CC/C=C\C/C=C\C/C=C\C/C=C\C/C=C\C/C=C\C/C=C\C/C=C\C/C=C\CCCCCCCCCCCC(=O)NC(COC1OC(CO)C(O)C(O)C1O)C(O)/C=C/CCCCCCCCCCCCCCCCCCCCCCCCC. The van der Waals surface area contributed by atoms with E-state index in [1.54, 1.807) is 6.08 Å². The molecular weight excluding hydrogens is 1050 g/mol. The number of unbranched alkanes of at least 4 members (excludes halogenated alkanes) is 32. The molecule has 0 aromatic carbocycles. The van der Waals surface area contributed by atoms with Crippen LogP contribution in [0, 0.1) is 0 Å². The molecule has 7 unspecified atom stereocenters. The number of nitrogens with one attached hydrogen (secondary N) is 1. The van der Waals surface area contributed by atoms with Crippen molar-refractivity contribution < 1.29 is 39.8 Å². The summed E-state index contributed by atoms with van der Waals surface area (Å²) in [5, 5.41) is 54.8. The van der Waals surface area contributed by atoms with E-state index in [1.807, 2.05) is 6.08 Å². The van der Waals surface area contributed by atoms with Gasteiger partial charge in [-0.1, -0.05) is 322 Å². The van der Waals surface area contributed by atoms with Crippen molar-refractivity contribution in [3.63, 3.8) is 0 Å². The summed E-state index contributed by atoms with van der Waals surface area (Å²) in [4.78, 5) is 13.1. The Morgan fingerprint density at radius 2 is 0.729 bits per heavy atom. The van der Waals surface area contributed by atoms with Crippen molar-refractivity contribution in [1.29, 1.82) is 0 Å². The van der Waals surface area contributed by atoms with Crippen LogP contribution >= 0.6 is 0 Å². The monoisotopic (exact) mass is 1190 g/mol. The molecule has 9 heteroatoms. The normalized spacial score (nSPS) is 18.9. The minimum atomic E-state index is -1.58. The Hall–Kier alpha value is -3.41. The summed E-state index contributed by atoms with van der Waals surface area (Å²) in [5.41, 5.74) is 0. The van der Waals surface area contributed by atoms with Crippen molar-refractivity contribution in [2.45, 2.75) is 339 Å². The zero-order chi connectivity index (χ0) is 61.4. The van der Waals surface area contributed by atoms with Gasteiger partial charge < -0.3 is 40.3 Å². The largest absolute Gasteiger partial charge is 0.394 e. The van der Waals surface area contributed by atoms with E-state index in [9.17, 15) is 30.3 Å². The van der Waals surface area contributed by atoms with E-state index < -0.39 is 49.5 Å². The summed E-state index contributed by atoms with van der Waals surface area (Å²) in [6.45, 7) is 3.69. The van der Waals surface area contributed by atoms with Gasteiger partial charge in [-0.05, 0) is 89.9 Å². The molecule has 9 nitrogen and oxygen atoms in total. The van der Waals surface area contributed by atoms with Gasteiger partial charge in [-0.15, -0.1) is 0 Å². The molecule has 0 saturated carbocycles. The molecule has 1 heterocycles. The fourth-order valence-corrected chi connectivity index (χ4v) is 10.6. The first-order chi connectivity index (χ1) is 41.8. The number of rotatable bonds is 60. The standard InChI is InChI=1S/C76H131NO8/c1-3-5-7-9-11-13-15-17-19-21-23-25-27-29-30-31-32-33-34-35-36-37-38-39-40-42-44-46-48-50-52-54-56-58-60-62-64-66-72(80)77-69(68-84-76-75(83)74(82)73(81)71(67-78)85-76)70(79)65-63-61-59-57-55-53-51-49-47-45-43-41-28-26-24-22-20-18-16-14-12-10-8-6-4-2/h5,7,11,13,17,19,23,25,29-30,32-33,35-36,38-39,42,44,63,65,69-71,73-76,78-79,81-83H,3-4,6,8-10,12,14-16,18,20-22,24,26-28,31,34,37,40-41,43,45-62,64,66-68H2,1-2H3,(H,77,80)/b7-5-,13-11-,19-17-,25-23-,30-29-,33-32-,36-35-,39-38-,44-42-,65-63+. The van der Waals surface area contributed by atoms with Crippen LogP contribution in [0.25, 0.3) is 0 Å². The van der Waals surface area contributed by atoms with Gasteiger partial charge in [0.1, 0.15) is 24.4 Å². The lowest BCUT2D eigenvalue weighted by Gasteiger charge is -2.40. The van der Waals surface area contributed by atoms with Gasteiger partial charge in [-0.2, -0.15) is 0 Å². The smallest absolute Gasteiger partial charge is 0.220 e. The van der Waals surface area contributed by atoms with Gasteiger partial charge in [0, 0.05) is 6.42 Å². The number of aliphatic hydroxyl groups excluding tert-OH is 5. The first-order valence-electron chi connectivity index (χ1n) is 35.3. The molecule has 0 bridgehead atoms. The topological polar surface area (TPSA) is 149 Å². The molecule has 1 amide bonds. The van der Waals surface area contributed by atoms with E-state index in [2.05, 4.69) is 129 Å². The molecular formula is C76H131NO8. The average molecular weight is 1190 g/mol. The fourth-order valence-electron chi connectivity index (χ4n) is 10.6. The summed E-state index contributed by atoms with van der Waals surface area (Å²) < 4.78 is 11.3. The molecule has 1 fully saturated rings. The third-order valence-electron chi connectivity index (χ3n) is 16.0. The van der Waals surface area contributed by atoms with E-state index in [0.717, 1.165) is 109 Å². The van der Waals surface area contributed by atoms with Crippen LogP contribution in [-0.2, 0) is 14.3 Å². The van der Waals surface area contributed by atoms with Gasteiger partial charge >= 0.3 is 0 Å². The van der Waals surface area contributed by atoms with Crippen molar-refractivity contribution in [2.75, 3.05) is 13.2 Å². The number of carbonyl (C=O) groups is 1. The Morgan fingerprint density at radius 3 is 1.08 bits per heavy atom. The van der Waals surface area contributed by atoms with E-state index in [1.165, 1.54) is 167 Å². The third-order valence-corrected chi connectivity index (χ3v) is 16.0. The quantitative estimate of drug-likeness (QED) is 0.0261. The number of amides is 1. The van der Waals surface area contributed by atoms with Crippen LogP contribution < -0.4 is 5.32 Å². The van der Waals surface area contributed by atoms with E-state index >= 15 is 0 Å². The van der Waals surface area contributed by atoms with Gasteiger partial charge in [0.25, 0.3) is 0 Å². The average Bonchev–Trinajstić information content (AvgIpc) is 3.57. The van der Waals surface area contributed by atoms with Crippen LogP contribution in [-0.4, -0.2) is 87.5 Å². The molecule has 0 spiro atoms. The second-order valence-electron chi connectivity index (χ2n) is 23.9. The first kappa shape index (κ1) is 79.6. The first-order valence-corrected chi connectivity index (χ1v) is 35.3. The zero-order valence-corrected chi connectivity index (χ0v) is 54.6. The molecule has 1 rings (SSSR count). The van der Waals surface area contributed by atoms with Crippen molar-refractivity contribution in [3.8, 4) is 0 Å². The summed E-state index contributed by atoms with van der Waals surface area (Å²) in [5.74, 6) is -0.185. The zero-order valence-electron chi connectivity index (χ0n) is 54.6. The van der Waals surface area contributed by atoms with Crippen molar-refractivity contribution in [2.24, 2.45) is 0 Å². The summed E-state index contributed by atoms with van der Waals surface area (Å²) in [6.07, 6.45) is 88.6. The lowest BCUT2D eigenvalue weighted by molar-refractivity contribution is -0.302. The highest BCUT2D eigenvalue weighted by Crippen LogP contribution is 2.23. The Bertz CT molecular complexity index is 1760. The molecule has 1 aliphatic rings. The third kappa shape index (κ3) is 52.3. The number of allylic oxidation sites excluding steroid dienone is 19. The Balaban J connectivity index is 2.16. The number of hydrogen-bond acceptors (Lipinski definition) is 8. The van der Waals surface area contributed by atoms with Crippen LogP contribution in [0.1, 0.15) is 296 Å². The Kier molecular flexibility index (Phi) is 59.6. The number of carbonyl (C=O) groups excluding carboxylic acids is 1. The van der Waals surface area contributed by atoms with Gasteiger partial charge in [0.15, 0.2) is 6.29 Å². The molecule has 7 atom stereocenters. The second kappa shape index (κ2) is 63.6. The van der Waals surface area contributed by atoms with Gasteiger partial charge in [0.05, 0.1) is 25.4 Å². The molecule has 1 aliphatic heterocycles. The lowest BCUT2D eigenvalue weighted by atomic mass is 9.99. The Morgan fingerprint density at radius 1 is 0.412 bits per heavy atom. The van der Waals surface area contributed by atoms with Crippen LogP contribution in [0.2, 0.25) is 0 Å². The summed E-state index contributed by atoms with van der Waals surface area (Å²) in [6, 6.07) is -0.818. The fraction of sp³-hybridized carbons (Fsp3) is 0.724. The molecule has 0 radical (unpaired) electrons. The number of aliphatic hydroxyl groups is 5. The van der Waals surface area contributed by atoms with Crippen LogP contribution in [0.5, 0.6) is 0 Å². The number of hydrogen-bond donors (Lipinski definition) is 6. The Labute approximate surface area is 522 Å². The molecule has 6 N–H and O–H groups in total. The molecule has 85 heavy (non-hydrogen) atoms. The summed E-state index contributed by atoms with van der Waals surface area (Å²) in [7, 11) is 0. The van der Waals surface area contributed by atoms with Gasteiger partial charge in [-0.3, -0.25) is 4.79 Å². The highest BCUT2D eigenvalue weighted by Gasteiger charge is 2.44. The number of ether oxygens (including phenoxy) is 2. The van der Waals surface area contributed by atoms with Gasteiger partial charge in [0.2, 0.25) is 5.91 Å². The predicted molar refractivity (Wildman–Crippen MR) is 364 cm³/mol. The maximum absolute atomic E-state index is 13.1. The van der Waals surface area contributed by atoms with Crippen LogP contribution in [0.15, 0.2) is 122 Å². The minimum Gasteiger partial charge on any atom is -0.394 e. The van der Waals surface area contributed by atoms with Crippen LogP contribution in [0.4, 0.5) is 0 Å². The second-order valence-corrected chi connectivity index (χ2v) is 23.9. The molecule has 0 aromatic rings. The lowest BCUT2D eigenvalue weighted by Crippen LogP contribution is -2.60. The molecule has 488 valence electrons. The molecule has 1 saturated heterocycles. The van der Waals surface area contributed by atoms with Crippen molar-refractivity contribution in [1.82, 2.24) is 5.32 Å². The maximum Gasteiger partial charge on any atom is 0.220 e. The summed E-state index contributed by atoms with van der Waals surface area (Å²) >= 11 is 0. The maximum atomic E-state index is 13.1. The molecule has 0 aromatic heterocycles. The molecule has 0 aliphatic carbocycles. The highest BCUT2D eigenvalue weighted by molar-refractivity contribution is 5.76. The van der Waals surface area contributed by atoms with Crippen molar-refractivity contribution in [3.05, 3.63) is 122 Å². The van der Waals surface area contributed by atoms with E-state index in [-0.39, 0.29) is 12.5 Å². The highest BCUT2D eigenvalue weighted by atomic mass is 16.7. The minimum absolute atomic E-state index is 0.185. The van der Waals surface area contributed by atoms with Gasteiger partial charge in [-0.25, -0.2) is 0 Å².